The fourth-order valence-electron chi connectivity index (χ4n) is 1.36. The quantitative estimate of drug-likeness (QED) is 0.769. The number of hydrogen-bond donors (Lipinski definition) is 0. The predicted molar refractivity (Wildman–Crippen MR) is 53.5 cm³/mol. The Balaban J connectivity index is 2.22. The fourth-order valence-corrected chi connectivity index (χ4v) is 1.36. The molecule has 0 fully saturated rings. The van der Waals surface area contributed by atoms with Gasteiger partial charge >= 0.3 is 0 Å². The van der Waals surface area contributed by atoms with Gasteiger partial charge in [-0.15, -0.1) is 0 Å². The molecule has 0 amide bonds. The van der Waals surface area contributed by atoms with Crippen LogP contribution in [-0.4, -0.2) is 15.9 Å². The first kappa shape index (κ1) is 11.4. The van der Waals surface area contributed by atoms with Crippen LogP contribution in [0.1, 0.15) is 29.0 Å². The topological polar surface area (TPSA) is 56.0 Å². The predicted octanol–water partition coefficient (Wildman–Crippen LogP) is 2.14. The van der Waals surface area contributed by atoms with E-state index >= 15 is 0 Å². The SMILES string of the molecule is CC(=O)c1nc(Cc2cc(F)cc(F)c2)no1. The highest BCUT2D eigenvalue weighted by Crippen LogP contribution is 2.11. The smallest absolute Gasteiger partial charge is 0.293 e. The lowest BCUT2D eigenvalue weighted by atomic mass is 10.1. The zero-order chi connectivity index (χ0) is 12.4. The van der Waals surface area contributed by atoms with Crippen LogP contribution in [0.25, 0.3) is 0 Å². The molecule has 1 heterocycles. The maximum Gasteiger partial charge on any atom is 0.293 e. The maximum absolute atomic E-state index is 12.9. The van der Waals surface area contributed by atoms with Crippen molar-refractivity contribution < 1.29 is 18.1 Å². The van der Waals surface area contributed by atoms with Crippen molar-refractivity contribution in [2.24, 2.45) is 0 Å². The molecule has 0 unspecified atom stereocenters. The molecule has 0 aliphatic heterocycles. The van der Waals surface area contributed by atoms with Gasteiger partial charge in [0, 0.05) is 19.4 Å². The number of nitrogens with zero attached hydrogens (tertiary/aromatic N) is 2. The van der Waals surface area contributed by atoms with Crippen molar-refractivity contribution in [2.75, 3.05) is 0 Å². The minimum atomic E-state index is -0.671. The standard InChI is InChI=1S/C11H8F2N2O2/c1-6(16)11-14-10(15-17-11)4-7-2-8(12)5-9(13)3-7/h2-3,5H,4H2,1H3. The number of hydrogen-bond acceptors (Lipinski definition) is 4. The van der Waals surface area contributed by atoms with Crippen LogP contribution < -0.4 is 0 Å². The van der Waals surface area contributed by atoms with Gasteiger partial charge in [-0.2, -0.15) is 4.98 Å². The fraction of sp³-hybridized carbons (Fsp3) is 0.182. The molecule has 6 heteroatoms. The maximum atomic E-state index is 12.9. The van der Waals surface area contributed by atoms with E-state index in [0.29, 0.717) is 5.56 Å². The van der Waals surface area contributed by atoms with Gasteiger partial charge in [0.2, 0.25) is 5.78 Å². The van der Waals surface area contributed by atoms with E-state index in [-0.39, 0.29) is 23.9 Å². The van der Waals surface area contributed by atoms with E-state index in [0.717, 1.165) is 6.07 Å². The molecule has 0 aliphatic rings. The van der Waals surface area contributed by atoms with Gasteiger partial charge in [0.1, 0.15) is 11.6 Å². The number of rotatable bonds is 3. The third kappa shape index (κ3) is 2.72. The van der Waals surface area contributed by atoms with E-state index in [9.17, 15) is 13.6 Å². The molecule has 0 radical (unpaired) electrons. The molecular formula is C11H8F2N2O2. The Labute approximate surface area is 95.3 Å². The largest absolute Gasteiger partial charge is 0.331 e. The summed E-state index contributed by atoms with van der Waals surface area (Å²) >= 11 is 0. The molecule has 0 atom stereocenters. The van der Waals surface area contributed by atoms with E-state index < -0.39 is 11.6 Å². The van der Waals surface area contributed by atoms with Crippen LogP contribution in [0.3, 0.4) is 0 Å². The molecular weight excluding hydrogens is 230 g/mol. The summed E-state index contributed by atoms with van der Waals surface area (Å²) in [6.07, 6.45) is 0.103. The Morgan fingerprint density at radius 1 is 1.29 bits per heavy atom. The van der Waals surface area contributed by atoms with Gasteiger partial charge in [0.05, 0.1) is 0 Å². The number of benzene rings is 1. The Morgan fingerprint density at radius 2 is 1.94 bits per heavy atom. The molecule has 0 bridgehead atoms. The second-order valence-corrected chi connectivity index (χ2v) is 3.53. The van der Waals surface area contributed by atoms with Crippen LogP contribution in [0, 0.1) is 11.6 Å². The summed E-state index contributed by atoms with van der Waals surface area (Å²) in [4.78, 5) is 14.7. The van der Waals surface area contributed by atoms with Gasteiger partial charge in [0.15, 0.2) is 5.82 Å². The molecule has 1 aromatic heterocycles. The first-order chi connectivity index (χ1) is 8.04. The first-order valence-corrected chi connectivity index (χ1v) is 4.83. The summed E-state index contributed by atoms with van der Waals surface area (Å²) in [6.45, 7) is 1.29. The lowest BCUT2D eigenvalue weighted by Crippen LogP contribution is -1.95. The van der Waals surface area contributed by atoms with Crippen LogP contribution >= 0.6 is 0 Å². The van der Waals surface area contributed by atoms with Crippen LogP contribution in [0.4, 0.5) is 8.78 Å². The second kappa shape index (κ2) is 4.40. The highest BCUT2D eigenvalue weighted by Gasteiger charge is 2.11. The van der Waals surface area contributed by atoms with Crippen molar-refractivity contribution in [1.29, 1.82) is 0 Å². The summed E-state index contributed by atoms with van der Waals surface area (Å²) < 4.78 is 30.5. The van der Waals surface area contributed by atoms with Gasteiger partial charge in [-0.3, -0.25) is 4.79 Å². The van der Waals surface area contributed by atoms with Gasteiger partial charge in [-0.1, -0.05) is 5.16 Å². The molecule has 2 aromatic rings. The Bertz CT molecular complexity index is 546. The molecule has 0 saturated heterocycles. The van der Waals surface area contributed by atoms with Crippen LogP contribution in [0.15, 0.2) is 22.7 Å². The van der Waals surface area contributed by atoms with Gasteiger partial charge in [-0.05, 0) is 17.7 Å². The number of aromatic nitrogens is 2. The van der Waals surface area contributed by atoms with Crippen molar-refractivity contribution in [3.8, 4) is 0 Å². The number of ketones is 1. The Kier molecular flexibility index (Phi) is 2.95. The summed E-state index contributed by atoms with van der Waals surface area (Å²) in [5, 5.41) is 3.54. The lowest BCUT2D eigenvalue weighted by Gasteiger charge is -1.97. The third-order valence-corrected chi connectivity index (χ3v) is 2.05. The highest BCUT2D eigenvalue weighted by molar-refractivity contribution is 5.89. The molecule has 17 heavy (non-hydrogen) atoms. The highest BCUT2D eigenvalue weighted by atomic mass is 19.1. The average molecular weight is 238 g/mol. The molecule has 0 N–H and O–H groups in total. The molecule has 1 aromatic carbocycles. The zero-order valence-electron chi connectivity index (χ0n) is 8.91. The van der Waals surface area contributed by atoms with Gasteiger partial charge < -0.3 is 4.52 Å². The average Bonchev–Trinajstić information content (AvgIpc) is 2.64. The minimum Gasteiger partial charge on any atom is -0.331 e. The third-order valence-electron chi connectivity index (χ3n) is 2.05. The second-order valence-electron chi connectivity index (χ2n) is 3.53. The van der Waals surface area contributed by atoms with E-state index in [1.807, 2.05) is 0 Å². The van der Waals surface area contributed by atoms with E-state index in [4.69, 9.17) is 0 Å². The van der Waals surface area contributed by atoms with Crippen molar-refractivity contribution in [3.63, 3.8) is 0 Å². The number of halogens is 2. The van der Waals surface area contributed by atoms with Crippen LogP contribution in [0.5, 0.6) is 0 Å². The molecule has 2 rings (SSSR count). The molecule has 0 saturated carbocycles. The summed E-state index contributed by atoms with van der Waals surface area (Å²) in [5.41, 5.74) is 0.374. The minimum absolute atomic E-state index is 0.103. The molecule has 88 valence electrons. The monoisotopic (exact) mass is 238 g/mol. The first-order valence-electron chi connectivity index (χ1n) is 4.83. The number of carbonyl (C=O) groups is 1. The van der Waals surface area contributed by atoms with Crippen molar-refractivity contribution in [1.82, 2.24) is 10.1 Å². The van der Waals surface area contributed by atoms with Gasteiger partial charge in [0.25, 0.3) is 5.89 Å². The normalized spacial score (nSPS) is 10.5. The van der Waals surface area contributed by atoms with Gasteiger partial charge in [-0.25, -0.2) is 8.78 Å². The Morgan fingerprint density at radius 3 is 2.47 bits per heavy atom. The van der Waals surface area contributed by atoms with E-state index in [2.05, 4.69) is 14.7 Å². The van der Waals surface area contributed by atoms with E-state index in [1.54, 1.807) is 0 Å². The number of carbonyl (C=O) groups excluding carboxylic acids is 1. The molecule has 0 aliphatic carbocycles. The van der Waals surface area contributed by atoms with Crippen LogP contribution in [-0.2, 0) is 6.42 Å². The summed E-state index contributed by atoms with van der Waals surface area (Å²) in [5.74, 6) is -1.60. The number of Topliss-reactive ketones (excluding diaryl/α,β-unsaturated/α-hetero) is 1. The lowest BCUT2D eigenvalue weighted by molar-refractivity contribution is 0.0972. The van der Waals surface area contributed by atoms with E-state index in [1.165, 1.54) is 19.1 Å². The van der Waals surface area contributed by atoms with Crippen molar-refractivity contribution in [2.45, 2.75) is 13.3 Å². The van der Waals surface area contributed by atoms with Crippen LogP contribution in [0.2, 0.25) is 0 Å². The molecule has 0 spiro atoms. The summed E-state index contributed by atoms with van der Waals surface area (Å²) in [7, 11) is 0. The summed E-state index contributed by atoms with van der Waals surface area (Å²) in [6, 6.07) is 3.13. The zero-order valence-corrected chi connectivity index (χ0v) is 8.91. The van der Waals surface area contributed by atoms with Crippen molar-refractivity contribution >= 4 is 5.78 Å². The Hall–Kier alpha value is -2.11. The van der Waals surface area contributed by atoms with Crippen molar-refractivity contribution in [3.05, 3.63) is 47.1 Å². The molecule has 4 nitrogen and oxygen atoms in total.